The van der Waals surface area contributed by atoms with Gasteiger partial charge >= 0.3 is 0 Å². The molecular weight excluding hydrogens is 162 g/mol. The number of hydrogen-bond donors (Lipinski definition) is 1. The van der Waals surface area contributed by atoms with Crippen LogP contribution in [-0.2, 0) is 0 Å². The van der Waals surface area contributed by atoms with Crippen LogP contribution < -0.4 is 5.32 Å². The summed E-state index contributed by atoms with van der Waals surface area (Å²) >= 11 is 0. The van der Waals surface area contributed by atoms with Crippen LogP contribution in [0.25, 0.3) is 0 Å². The molecule has 2 heterocycles. The Morgan fingerprint density at radius 1 is 1.54 bits per heavy atom. The first kappa shape index (κ1) is 8.23. The highest BCUT2D eigenvalue weighted by Crippen LogP contribution is 2.08. The molecule has 3 nitrogen and oxygen atoms in total. The summed E-state index contributed by atoms with van der Waals surface area (Å²) in [7, 11) is 0. The predicted molar refractivity (Wildman–Crippen MR) is 53.0 cm³/mol. The third kappa shape index (κ3) is 1.54. The Morgan fingerprint density at radius 2 is 2.38 bits per heavy atom. The van der Waals surface area contributed by atoms with Crippen molar-refractivity contribution >= 4 is 5.84 Å². The van der Waals surface area contributed by atoms with Crippen molar-refractivity contribution < 1.29 is 0 Å². The fourth-order valence-corrected chi connectivity index (χ4v) is 1.45. The molecule has 0 aliphatic carbocycles. The zero-order valence-electron chi connectivity index (χ0n) is 7.91. The smallest absolute Gasteiger partial charge is 0.130 e. The van der Waals surface area contributed by atoms with Crippen molar-refractivity contribution in [1.29, 1.82) is 0 Å². The number of nitrogens with one attached hydrogen (secondary N) is 1. The van der Waals surface area contributed by atoms with Gasteiger partial charge in [0.1, 0.15) is 5.84 Å². The van der Waals surface area contributed by atoms with E-state index < -0.39 is 0 Å². The van der Waals surface area contributed by atoms with Gasteiger partial charge in [-0.05, 0) is 26.0 Å². The van der Waals surface area contributed by atoms with Gasteiger partial charge in [-0.25, -0.2) is 0 Å². The summed E-state index contributed by atoms with van der Waals surface area (Å²) in [6.45, 7) is 4.99. The van der Waals surface area contributed by atoms with Crippen LogP contribution in [-0.4, -0.2) is 23.4 Å². The Balaban J connectivity index is 2.31. The van der Waals surface area contributed by atoms with E-state index in [0.29, 0.717) is 6.04 Å². The van der Waals surface area contributed by atoms with Crippen LogP contribution in [0.5, 0.6) is 0 Å². The Bertz CT molecular complexity index is 344. The number of aliphatic imine (C=N–C) groups is 1. The van der Waals surface area contributed by atoms with Crippen LogP contribution in [0.4, 0.5) is 0 Å². The van der Waals surface area contributed by atoms with Crippen molar-refractivity contribution in [2.75, 3.05) is 6.54 Å². The van der Waals surface area contributed by atoms with Gasteiger partial charge in [-0.15, -0.1) is 0 Å². The summed E-state index contributed by atoms with van der Waals surface area (Å²) in [6.07, 6.45) is 1.80. The maximum Gasteiger partial charge on any atom is 0.130 e. The molecule has 1 aromatic rings. The van der Waals surface area contributed by atoms with E-state index in [1.54, 1.807) is 6.20 Å². The molecule has 0 saturated heterocycles. The summed E-state index contributed by atoms with van der Waals surface area (Å²) in [5.41, 5.74) is 2.15. The third-order valence-electron chi connectivity index (χ3n) is 2.17. The SMILES string of the molecule is Cc1ncccc1C1=NCC(C)N1. The van der Waals surface area contributed by atoms with Gasteiger partial charge in [-0.1, -0.05) is 0 Å². The molecule has 2 rings (SSSR count). The number of amidine groups is 1. The third-order valence-corrected chi connectivity index (χ3v) is 2.17. The molecule has 0 amide bonds. The average Bonchev–Trinajstić information content (AvgIpc) is 2.53. The second-order valence-corrected chi connectivity index (χ2v) is 3.37. The number of pyridine rings is 1. The molecule has 0 spiro atoms. The van der Waals surface area contributed by atoms with Crippen LogP contribution in [0.15, 0.2) is 23.3 Å². The highest BCUT2D eigenvalue weighted by molar-refractivity contribution is 6.00. The minimum Gasteiger partial charge on any atom is -0.366 e. The zero-order chi connectivity index (χ0) is 9.26. The van der Waals surface area contributed by atoms with Gasteiger partial charge in [0, 0.05) is 23.5 Å². The van der Waals surface area contributed by atoms with E-state index in [1.807, 2.05) is 19.1 Å². The van der Waals surface area contributed by atoms with Crippen molar-refractivity contribution in [3.05, 3.63) is 29.6 Å². The average molecular weight is 175 g/mol. The largest absolute Gasteiger partial charge is 0.366 e. The van der Waals surface area contributed by atoms with Gasteiger partial charge in [-0.2, -0.15) is 0 Å². The maximum atomic E-state index is 4.41. The number of rotatable bonds is 1. The van der Waals surface area contributed by atoms with Crippen LogP contribution in [0.1, 0.15) is 18.2 Å². The van der Waals surface area contributed by atoms with Crippen LogP contribution in [0.3, 0.4) is 0 Å². The van der Waals surface area contributed by atoms with E-state index in [1.165, 1.54) is 0 Å². The number of nitrogens with zero attached hydrogens (tertiary/aromatic N) is 2. The Kier molecular flexibility index (Phi) is 2.00. The first-order valence-electron chi connectivity index (χ1n) is 4.50. The van der Waals surface area contributed by atoms with Gasteiger partial charge in [0.05, 0.1) is 6.54 Å². The second-order valence-electron chi connectivity index (χ2n) is 3.37. The molecule has 1 aliphatic rings. The molecule has 0 radical (unpaired) electrons. The highest BCUT2D eigenvalue weighted by Gasteiger charge is 2.15. The molecule has 13 heavy (non-hydrogen) atoms. The lowest BCUT2D eigenvalue weighted by Gasteiger charge is -2.07. The van der Waals surface area contributed by atoms with E-state index in [0.717, 1.165) is 23.6 Å². The molecule has 1 aliphatic heterocycles. The number of aromatic nitrogens is 1. The molecule has 1 atom stereocenters. The van der Waals surface area contributed by atoms with Gasteiger partial charge in [0.25, 0.3) is 0 Å². The standard InChI is InChI=1S/C10H13N3/c1-7-6-12-10(13-7)9-4-3-5-11-8(9)2/h3-5,7H,6H2,1-2H3,(H,12,13). The van der Waals surface area contributed by atoms with Crippen molar-refractivity contribution in [2.24, 2.45) is 4.99 Å². The van der Waals surface area contributed by atoms with E-state index in [-0.39, 0.29) is 0 Å². The Labute approximate surface area is 77.9 Å². The number of aryl methyl sites for hydroxylation is 1. The number of hydrogen-bond acceptors (Lipinski definition) is 3. The molecule has 68 valence electrons. The van der Waals surface area contributed by atoms with Crippen LogP contribution in [0, 0.1) is 6.92 Å². The lowest BCUT2D eigenvalue weighted by Crippen LogP contribution is -2.28. The van der Waals surface area contributed by atoms with Gasteiger partial charge in [0.15, 0.2) is 0 Å². The lowest BCUT2D eigenvalue weighted by atomic mass is 10.2. The first-order chi connectivity index (χ1) is 6.27. The minimum absolute atomic E-state index is 0.453. The minimum atomic E-state index is 0.453. The van der Waals surface area contributed by atoms with Crippen LogP contribution in [0.2, 0.25) is 0 Å². The Morgan fingerprint density at radius 3 is 3.00 bits per heavy atom. The van der Waals surface area contributed by atoms with E-state index in [9.17, 15) is 0 Å². The van der Waals surface area contributed by atoms with Gasteiger partial charge in [-0.3, -0.25) is 9.98 Å². The molecule has 0 aromatic carbocycles. The summed E-state index contributed by atoms with van der Waals surface area (Å²) in [4.78, 5) is 8.64. The van der Waals surface area contributed by atoms with Crippen molar-refractivity contribution in [2.45, 2.75) is 19.9 Å². The quantitative estimate of drug-likeness (QED) is 0.694. The topological polar surface area (TPSA) is 37.3 Å². The second kappa shape index (κ2) is 3.17. The molecule has 0 saturated carbocycles. The molecule has 1 aromatic heterocycles. The summed E-state index contributed by atoms with van der Waals surface area (Å²) in [5, 5.41) is 3.32. The van der Waals surface area contributed by atoms with Gasteiger partial charge < -0.3 is 5.32 Å². The lowest BCUT2D eigenvalue weighted by molar-refractivity contribution is 0.726. The highest BCUT2D eigenvalue weighted by atomic mass is 15.1. The van der Waals surface area contributed by atoms with Crippen molar-refractivity contribution in [3.8, 4) is 0 Å². The van der Waals surface area contributed by atoms with E-state index in [2.05, 4.69) is 22.2 Å². The molecule has 1 N–H and O–H groups in total. The fourth-order valence-electron chi connectivity index (χ4n) is 1.45. The first-order valence-corrected chi connectivity index (χ1v) is 4.50. The predicted octanol–water partition coefficient (Wildman–Crippen LogP) is 1.13. The monoisotopic (exact) mass is 175 g/mol. The zero-order valence-corrected chi connectivity index (χ0v) is 7.91. The molecular formula is C10H13N3. The Hall–Kier alpha value is -1.38. The summed E-state index contributed by atoms with van der Waals surface area (Å²) in [5.74, 6) is 0.984. The molecule has 3 heteroatoms. The van der Waals surface area contributed by atoms with Crippen LogP contribution >= 0.6 is 0 Å². The fraction of sp³-hybridized carbons (Fsp3) is 0.400. The van der Waals surface area contributed by atoms with E-state index >= 15 is 0 Å². The van der Waals surface area contributed by atoms with Crippen molar-refractivity contribution in [3.63, 3.8) is 0 Å². The van der Waals surface area contributed by atoms with Crippen molar-refractivity contribution in [1.82, 2.24) is 10.3 Å². The summed E-state index contributed by atoms with van der Waals surface area (Å²) in [6, 6.07) is 4.44. The van der Waals surface area contributed by atoms with E-state index in [4.69, 9.17) is 0 Å². The maximum absolute atomic E-state index is 4.41. The molecule has 0 bridgehead atoms. The summed E-state index contributed by atoms with van der Waals surface area (Å²) < 4.78 is 0. The molecule has 0 fully saturated rings. The normalized spacial score (nSPS) is 21.1. The molecule has 1 unspecified atom stereocenters. The van der Waals surface area contributed by atoms with Gasteiger partial charge in [0.2, 0.25) is 0 Å².